The molecule has 0 bridgehead atoms. The monoisotopic (exact) mass is 204 g/mol. The van der Waals surface area contributed by atoms with E-state index in [1.807, 2.05) is 12.1 Å². The van der Waals surface area contributed by atoms with Gasteiger partial charge in [0.05, 0.1) is 6.10 Å². The first-order valence-corrected chi connectivity index (χ1v) is 5.46. The summed E-state index contributed by atoms with van der Waals surface area (Å²) in [5.41, 5.74) is 3.28. The number of rotatable bonds is 2. The van der Waals surface area contributed by atoms with Crippen LogP contribution in [-0.4, -0.2) is 10.9 Å². The van der Waals surface area contributed by atoms with Crippen molar-refractivity contribution in [2.45, 2.75) is 38.7 Å². The Balaban J connectivity index is 2.31. The largest absolute Gasteiger partial charge is 0.388 e. The molecule has 0 saturated carbocycles. The third kappa shape index (κ3) is 2.26. The number of aliphatic hydroxyl groups is 1. The van der Waals surface area contributed by atoms with Crippen LogP contribution in [0.4, 0.5) is 0 Å². The molecule has 15 heavy (non-hydrogen) atoms. The van der Waals surface area contributed by atoms with Crippen LogP contribution < -0.4 is 0 Å². The molecular weight excluding hydrogens is 188 g/mol. The molecule has 1 N–H and O–H groups in total. The topological polar surface area (TPSA) is 37.3 Å². The van der Waals surface area contributed by atoms with Crippen molar-refractivity contribution in [2.75, 3.05) is 0 Å². The standard InChI is InChI=1S/C13H16O2/c1-9(14)7-10-5-6-11-3-2-4-13(15)12(11)8-10/h5-6,8,13,15H,2-4,7H2,1H3. The highest BCUT2D eigenvalue weighted by molar-refractivity contribution is 5.78. The van der Waals surface area contributed by atoms with Crippen molar-refractivity contribution in [3.8, 4) is 0 Å². The third-order valence-corrected chi connectivity index (χ3v) is 2.95. The highest BCUT2D eigenvalue weighted by Crippen LogP contribution is 2.30. The van der Waals surface area contributed by atoms with Crippen LogP contribution in [0.25, 0.3) is 0 Å². The third-order valence-electron chi connectivity index (χ3n) is 2.95. The van der Waals surface area contributed by atoms with Gasteiger partial charge in [-0.2, -0.15) is 0 Å². The van der Waals surface area contributed by atoms with Gasteiger partial charge in [0.25, 0.3) is 0 Å². The normalized spacial score (nSPS) is 19.7. The number of ketones is 1. The molecule has 1 unspecified atom stereocenters. The predicted molar refractivity (Wildman–Crippen MR) is 58.7 cm³/mol. The lowest BCUT2D eigenvalue weighted by atomic mass is 9.87. The summed E-state index contributed by atoms with van der Waals surface area (Å²) >= 11 is 0. The lowest BCUT2D eigenvalue weighted by Gasteiger charge is -2.21. The molecule has 2 rings (SSSR count). The molecule has 1 atom stereocenters. The van der Waals surface area contributed by atoms with Crippen LogP contribution in [0.5, 0.6) is 0 Å². The molecule has 0 saturated heterocycles. The highest BCUT2D eigenvalue weighted by atomic mass is 16.3. The van der Waals surface area contributed by atoms with Crippen LogP contribution >= 0.6 is 0 Å². The Morgan fingerprint density at radius 2 is 2.33 bits per heavy atom. The molecule has 0 radical (unpaired) electrons. The van der Waals surface area contributed by atoms with E-state index in [9.17, 15) is 9.90 Å². The SMILES string of the molecule is CC(=O)Cc1ccc2c(c1)C(O)CCC2. The molecule has 1 aromatic carbocycles. The summed E-state index contributed by atoms with van der Waals surface area (Å²) in [6.45, 7) is 1.59. The fourth-order valence-corrected chi connectivity index (χ4v) is 2.22. The predicted octanol–water partition coefficient (Wildman–Crippen LogP) is 2.19. The first-order valence-electron chi connectivity index (χ1n) is 5.46. The molecule has 0 heterocycles. The molecule has 0 amide bonds. The summed E-state index contributed by atoms with van der Waals surface area (Å²) < 4.78 is 0. The molecule has 0 aliphatic heterocycles. The van der Waals surface area contributed by atoms with E-state index in [0.29, 0.717) is 6.42 Å². The van der Waals surface area contributed by atoms with Crippen LogP contribution in [0.3, 0.4) is 0 Å². The van der Waals surface area contributed by atoms with Crippen LogP contribution in [0.2, 0.25) is 0 Å². The maximum absolute atomic E-state index is 11.0. The Morgan fingerprint density at radius 3 is 3.07 bits per heavy atom. The number of hydrogen-bond acceptors (Lipinski definition) is 2. The van der Waals surface area contributed by atoms with E-state index < -0.39 is 0 Å². The Labute approximate surface area is 89.9 Å². The van der Waals surface area contributed by atoms with E-state index in [1.54, 1.807) is 6.92 Å². The fraction of sp³-hybridized carbons (Fsp3) is 0.462. The van der Waals surface area contributed by atoms with Gasteiger partial charge < -0.3 is 5.11 Å². The molecule has 2 nitrogen and oxygen atoms in total. The Morgan fingerprint density at radius 1 is 1.53 bits per heavy atom. The molecule has 1 aliphatic carbocycles. The second-order valence-corrected chi connectivity index (χ2v) is 4.32. The van der Waals surface area contributed by atoms with Crippen molar-refractivity contribution in [1.29, 1.82) is 0 Å². The van der Waals surface area contributed by atoms with Gasteiger partial charge in [-0.05, 0) is 42.9 Å². The van der Waals surface area contributed by atoms with Gasteiger partial charge in [-0.15, -0.1) is 0 Å². The second kappa shape index (κ2) is 4.15. The second-order valence-electron chi connectivity index (χ2n) is 4.32. The fourth-order valence-electron chi connectivity index (χ4n) is 2.22. The minimum atomic E-state index is -0.333. The lowest BCUT2D eigenvalue weighted by molar-refractivity contribution is -0.116. The molecule has 1 aromatic rings. The van der Waals surface area contributed by atoms with Crippen molar-refractivity contribution in [3.63, 3.8) is 0 Å². The molecule has 0 spiro atoms. The summed E-state index contributed by atoms with van der Waals surface area (Å²) in [4.78, 5) is 11.0. The maximum atomic E-state index is 11.0. The molecule has 0 aromatic heterocycles. The van der Waals surface area contributed by atoms with Gasteiger partial charge in [0, 0.05) is 6.42 Å². The number of Topliss-reactive ketones (excluding diaryl/α,β-unsaturated/α-hetero) is 1. The van der Waals surface area contributed by atoms with E-state index in [0.717, 1.165) is 30.4 Å². The Hall–Kier alpha value is -1.15. The average molecular weight is 204 g/mol. The van der Waals surface area contributed by atoms with Crippen LogP contribution in [-0.2, 0) is 17.6 Å². The zero-order chi connectivity index (χ0) is 10.8. The number of fused-ring (bicyclic) bond motifs is 1. The first-order chi connectivity index (χ1) is 7.16. The van der Waals surface area contributed by atoms with E-state index in [1.165, 1.54) is 5.56 Å². The molecule has 1 aliphatic rings. The zero-order valence-corrected chi connectivity index (χ0v) is 8.99. The van der Waals surface area contributed by atoms with Crippen molar-refractivity contribution < 1.29 is 9.90 Å². The number of aliphatic hydroxyl groups excluding tert-OH is 1. The lowest BCUT2D eigenvalue weighted by Crippen LogP contribution is -2.10. The van der Waals surface area contributed by atoms with Crippen molar-refractivity contribution in [2.24, 2.45) is 0 Å². The summed E-state index contributed by atoms with van der Waals surface area (Å²) in [5, 5.41) is 9.83. The number of aryl methyl sites for hydroxylation is 1. The molecule has 2 heteroatoms. The Kier molecular flexibility index (Phi) is 2.87. The van der Waals surface area contributed by atoms with Gasteiger partial charge >= 0.3 is 0 Å². The summed E-state index contributed by atoms with van der Waals surface area (Å²) in [7, 11) is 0. The van der Waals surface area contributed by atoms with E-state index in [2.05, 4.69) is 6.07 Å². The van der Waals surface area contributed by atoms with Crippen molar-refractivity contribution >= 4 is 5.78 Å². The first kappa shape index (κ1) is 10.4. The molecule has 0 fully saturated rings. The van der Waals surface area contributed by atoms with Gasteiger partial charge in [0.1, 0.15) is 5.78 Å². The van der Waals surface area contributed by atoms with E-state index in [4.69, 9.17) is 0 Å². The number of carbonyl (C=O) groups is 1. The van der Waals surface area contributed by atoms with E-state index in [-0.39, 0.29) is 11.9 Å². The van der Waals surface area contributed by atoms with Gasteiger partial charge in [-0.1, -0.05) is 18.2 Å². The van der Waals surface area contributed by atoms with E-state index >= 15 is 0 Å². The van der Waals surface area contributed by atoms with Crippen molar-refractivity contribution in [3.05, 3.63) is 34.9 Å². The molecular formula is C13H16O2. The summed E-state index contributed by atoms with van der Waals surface area (Å²) in [5.74, 6) is 0.167. The maximum Gasteiger partial charge on any atom is 0.134 e. The van der Waals surface area contributed by atoms with Gasteiger partial charge in [0.2, 0.25) is 0 Å². The smallest absolute Gasteiger partial charge is 0.134 e. The van der Waals surface area contributed by atoms with Gasteiger partial charge in [0.15, 0.2) is 0 Å². The minimum absolute atomic E-state index is 0.167. The van der Waals surface area contributed by atoms with Gasteiger partial charge in [-0.25, -0.2) is 0 Å². The highest BCUT2D eigenvalue weighted by Gasteiger charge is 2.17. The quantitative estimate of drug-likeness (QED) is 0.801. The van der Waals surface area contributed by atoms with Crippen LogP contribution in [0.1, 0.15) is 42.6 Å². The van der Waals surface area contributed by atoms with Crippen molar-refractivity contribution in [1.82, 2.24) is 0 Å². The summed E-state index contributed by atoms with van der Waals surface area (Å²) in [6, 6.07) is 6.04. The van der Waals surface area contributed by atoms with Crippen LogP contribution in [0, 0.1) is 0 Å². The van der Waals surface area contributed by atoms with Gasteiger partial charge in [-0.3, -0.25) is 4.79 Å². The molecule has 80 valence electrons. The Bertz CT molecular complexity index is 382. The summed E-state index contributed by atoms with van der Waals surface area (Å²) in [6.07, 6.45) is 3.09. The number of carbonyl (C=O) groups excluding carboxylic acids is 1. The zero-order valence-electron chi connectivity index (χ0n) is 8.99. The minimum Gasteiger partial charge on any atom is -0.388 e. The average Bonchev–Trinajstić information content (AvgIpc) is 2.18. The number of benzene rings is 1. The van der Waals surface area contributed by atoms with Crippen LogP contribution in [0.15, 0.2) is 18.2 Å². The number of hydrogen-bond donors (Lipinski definition) is 1.